The number of nitro groups is 1. The maximum absolute atomic E-state index is 13.9. The molecule has 2 saturated carbocycles. The standard InChI is InChI=1S/C32H23Cl2N3O7/c33-25-12-3-17(13-26(25)34)30(39)35(36-31(40)28-21-10-11-22(24-14-23(21)24)29(28)32(36)41)15-27(38)16-1-6-19(7-2-16)44-20-8-4-18(5-9-20)37(42)43/h1-13,21-24,28-29H,14-15H2/t21-,22-,23-,24-,28+,29+/m0/s1. The first-order valence-electron chi connectivity index (χ1n) is 14.0. The minimum atomic E-state index is -0.735. The zero-order valence-electron chi connectivity index (χ0n) is 22.8. The van der Waals surface area contributed by atoms with Crippen molar-refractivity contribution >= 4 is 52.4 Å². The number of ether oxygens (including phenoxy) is 1. The number of halogens is 2. The average molecular weight is 632 g/mol. The molecule has 0 N–H and O–H groups in total. The number of Topliss-reactive ketones (excluding diaryl/α,β-unsaturated/α-hetero) is 1. The van der Waals surface area contributed by atoms with Gasteiger partial charge in [-0.1, -0.05) is 35.4 Å². The van der Waals surface area contributed by atoms with Gasteiger partial charge >= 0.3 is 0 Å². The average Bonchev–Trinajstić information content (AvgIpc) is 3.80. The first-order chi connectivity index (χ1) is 21.1. The number of hydrogen-bond acceptors (Lipinski definition) is 7. The highest BCUT2D eigenvalue weighted by atomic mass is 35.5. The van der Waals surface area contributed by atoms with Crippen LogP contribution in [0.4, 0.5) is 5.69 Å². The van der Waals surface area contributed by atoms with Crippen LogP contribution in [-0.4, -0.2) is 45.0 Å². The van der Waals surface area contributed by atoms with Gasteiger partial charge < -0.3 is 4.74 Å². The lowest BCUT2D eigenvalue weighted by molar-refractivity contribution is -0.384. The molecular formula is C32H23Cl2N3O7. The van der Waals surface area contributed by atoms with Crippen LogP contribution in [0, 0.1) is 45.6 Å². The molecule has 0 aromatic heterocycles. The Morgan fingerprint density at radius 2 is 1.39 bits per heavy atom. The van der Waals surface area contributed by atoms with Crippen LogP contribution in [0.1, 0.15) is 27.1 Å². The molecule has 0 radical (unpaired) electrons. The fourth-order valence-corrected chi connectivity index (χ4v) is 7.20. The van der Waals surface area contributed by atoms with Crippen molar-refractivity contribution in [2.45, 2.75) is 6.42 Å². The number of non-ortho nitro benzene ring substituents is 1. The molecule has 8 rings (SSSR count). The molecule has 6 atom stereocenters. The Hall–Kier alpha value is -4.54. The molecule has 2 bridgehead atoms. The highest BCUT2D eigenvalue weighted by Gasteiger charge is 2.68. The van der Waals surface area contributed by atoms with E-state index < -0.39 is 46.8 Å². The summed E-state index contributed by atoms with van der Waals surface area (Å²) >= 11 is 12.2. The van der Waals surface area contributed by atoms with E-state index in [-0.39, 0.29) is 38.7 Å². The monoisotopic (exact) mass is 631 g/mol. The maximum Gasteiger partial charge on any atom is 0.273 e. The molecule has 12 heteroatoms. The van der Waals surface area contributed by atoms with Gasteiger partial charge in [-0.3, -0.25) is 29.3 Å². The minimum absolute atomic E-state index is 0.0580. The van der Waals surface area contributed by atoms with E-state index in [1.54, 1.807) is 0 Å². The number of amides is 3. The Kier molecular flexibility index (Phi) is 6.78. The van der Waals surface area contributed by atoms with Crippen LogP contribution in [0.5, 0.6) is 11.5 Å². The molecule has 10 nitrogen and oxygen atoms in total. The normalized spacial score (nSPS) is 25.8. The number of hydrazine groups is 1. The van der Waals surface area contributed by atoms with Crippen molar-refractivity contribution in [3.63, 3.8) is 0 Å². The van der Waals surface area contributed by atoms with Gasteiger partial charge in [-0.15, -0.1) is 0 Å². The number of rotatable bonds is 8. The first kappa shape index (κ1) is 28.2. The van der Waals surface area contributed by atoms with E-state index in [1.807, 2.05) is 12.2 Å². The van der Waals surface area contributed by atoms with E-state index in [9.17, 15) is 29.3 Å². The van der Waals surface area contributed by atoms with Gasteiger partial charge in [0.2, 0.25) is 0 Å². The van der Waals surface area contributed by atoms with E-state index >= 15 is 0 Å². The molecule has 4 aliphatic carbocycles. The third kappa shape index (κ3) is 4.65. The number of ketones is 1. The lowest BCUT2D eigenvalue weighted by Crippen LogP contribution is -2.52. The van der Waals surface area contributed by atoms with Crippen molar-refractivity contribution < 1.29 is 28.8 Å². The number of imide groups is 1. The van der Waals surface area contributed by atoms with Crippen molar-refractivity contribution in [3.8, 4) is 11.5 Å². The predicted octanol–water partition coefficient (Wildman–Crippen LogP) is 5.99. The number of hydrogen-bond donors (Lipinski definition) is 0. The number of carbonyl (C=O) groups is 4. The zero-order valence-corrected chi connectivity index (χ0v) is 24.4. The fourth-order valence-electron chi connectivity index (χ4n) is 6.90. The molecule has 1 aliphatic heterocycles. The van der Waals surface area contributed by atoms with E-state index in [0.717, 1.165) is 16.4 Å². The molecule has 1 saturated heterocycles. The van der Waals surface area contributed by atoms with Crippen LogP contribution < -0.4 is 4.74 Å². The molecule has 3 aromatic carbocycles. The van der Waals surface area contributed by atoms with Gasteiger partial charge in [0.15, 0.2) is 5.78 Å². The Morgan fingerprint density at radius 1 is 0.841 bits per heavy atom. The number of allylic oxidation sites excluding steroid dienone is 2. The lowest BCUT2D eigenvalue weighted by Gasteiger charge is -2.37. The Morgan fingerprint density at radius 3 is 1.93 bits per heavy atom. The Balaban J connectivity index is 1.15. The summed E-state index contributed by atoms with van der Waals surface area (Å²) in [6.45, 7) is -0.575. The summed E-state index contributed by atoms with van der Waals surface area (Å²) in [5.41, 5.74) is 0.208. The number of benzene rings is 3. The molecule has 1 heterocycles. The van der Waals surface area contributed by atoms with Crippen LogP contribution >= 0.6 is 23.2 Å². The summed E-state index contributed by atoms with van der Waals surface area (Å²) in [6, 6.07) is 15.8. The number of nitrogens with zero attached hydrogens (tertiary/aromatic N) is 3. The lowest BCUT2D eigenvalue weighted by atomic mass is 9.63. The summed E-state index contributed by atoms with van der Waals surface area (Å²) in [5, 5.41) is 13.0. The van der Waals surface area contributed by atoms with Crippen molar-refractivity contribution in [1.82, 2.24) is 10.0 Å². The molecule has 44 heavy (non-hydrogen) atoms. The topological polar surface area (TPSA) is 127 Å². The summed E-state index contributed by atoms with van der Waals surface area (Å²) in [7, 11) is 0. The van der Waals surface area contributed by atoms with Crippen LogP contribution in [0.15, 0.2) is 78.9 Å². The van der Waals surface area contributed by atoms with E-state index in [4.69, 9.17) is 27.9 Å². The quantitative estimate of drug-likeness (QED) is 0.0982. The number of nitro benzene ring substituents is 1. The van der Waals surface area contributed by atoms with Crippen molar-refractivity contribution in [3.05, 3.63) is 110 Å². The molecule has 0 unspecified atom stereocenters. The van der Waals surface area contributed by atoms with E-state index in [2.05, 4.69) is 0 Å². The zero-order chi connectivity index (χ0) is 30.9. The second-order valence-corrected chi connectivity index (χ2v) is 12.2. The van der Waals surface area contributed by atoms with Gasteiger partial charge in [-0.2, -0.15) is 5.01 Å². The van der Waals surface area contributed by atoms with E-state index in [0.29, 0.717) is 23.3 Å². The minimum Gasteiger partial charge on any atom is -0.457 e. The molecule has 0 spiro atoms. The van der Waals surface area contributed by atoms with Gasteiger partial charge in [0, 0.05) is 23.3 Å². The van der Waals surface area contributed by atoms with Gasteiger partial charge in [0.05, 0.1) is 26.8 Å². The predicted molar refractivity (Wildman–Crippen MR) is 158 cm³/mol. The molecule has 3 aromatic rings. The van der Waals surface area contributed by atoms with Gasteiger partial charge in [-0.25, -0.2) is 5.01 Å². The van der Waals surface area contributed by atoms with Crippen LogP contribution in [-0.2, 0) is 9.59 Å². The third-order valence-corrected chi connectivity index (χ3v) is 9.77. The Bertz CT molecular complexity index is 1740. The van der Waals surface area contributed by atoms with Gasteiger partial charge in [-0.05, 0) is 84.7 Å². The maximum atomic E-state index is 13.9. The SMILES string of the molecule is O=C(CN(C(=O)c1ccc(Cl)c(Cl)c1)N1C(=O)[C@@H]2[C@H]3C=C[C@@H]([C@@H]4C[C@@H]34)[C@H]2C1=O)c1ccc(Oc2ccc([N+](=O)[O-])cc2)cc1. The van der Waals surface area contributed by atoms with Crippen molar-refractivity contribution in [2.75, 3.05) is 6.54 Å². The molecule has 3 fully saturated rings. The molecule has 3 amide bonds. The molecular weight excluding hydrogens is 609 g/mol. The summed E-state index contributed by atoms with van der Waals surface area (Å²) in [6.07, 6.45) is 5.06. The van der Waals surface area contributed by atoms with Gasteiger partial charge in [0.25, 0.3) is 23.4 Å². The molecule has 222 valence electrons. The smallest absolute Gasteiger partial charge is 0.273 e. The highest BCUT2D eigenvalue weighted by molar-refractivity contribution is 6.42. The van der Waals surface area contributed by atoms with Gasteiger partial charge in [0.1, 0.15) is 18.0 Å². The summed E-state index contributed by atoms with van der Waals surface area (Å²) < 4.78 is 5.72. The highest BCUT2D eigenvalue weighted by Crippen LogP contribution is 2.65. The van der Waals surface area contributed by atoms with Crippen molar-refractivity contribution in [2.24, 2.45) is 35.5 Å². The van der Waals surface area contributed by atoms with Crippen LogP contribution in [0.3, 0.4) is 0 Å². The largest absolute Gasteiger partial charge is 0.457 e. The van der Waals surface area contributed by atoms with Crippen LogP contribution in [0.25, 0.3) is 0 Å². The number of carbonyl (C=O) groups excluding carboxylic acids is 4. The van der Waals surface area contributed by atoms with E-state index in [1.165, 1.54) is 66.7 Å². The second kappa shape index (κ2) is 10.6. The molecule has 5 aliphatic rings. The Labute approximate surface area is 260 Å². The first-order valence-corrected chi connectivity index (χ1v) is 14.8. The fraction of sp³-hybridized carbons (Fsp3) is 0.250. The summed E-state index contributed by atoms with van der Waals surface area (Å²) in [5.74, 6) is -1.96. The summed E-state index contributed by atoms with van der Waals surface area (Å²) in [4.78, 5) is 65.5. The third-order valence-electron chi connectivity index (χ3n) is 9.03. The van der Waals surface area contributed by atoms with Crippen molar-refractivity contribution in [1.29, 1.82) is 0 Å². The second-order valence-electron chi connectivity index (χ2n) is 11.4. The van der Waals surface area contributed by atoms with Crippen LogP contribution in [0.2, 0.25) is 10.0 Å².